The summed E-state index contributed by atoms with van der Waals surface area (Å²) < 4.78 is 0.907. The van der Waals surface area contributed by atoms with E-state index in [0.29, 0.717) is 12.6 Å². The van der Waals surface area contributed by atoms with Crippen molar-refractivity contribution in [1.29, 1.82) is 0 Å². The normalized spacial score (nSPS) is 21.0. The van der Waals surface area contributed by atoms with Crippen LogP contribution in [0.4, 0.5) is 11.6 Å². The molecule has 21 heavy (non-hydrogen) atoms. The van der Waals surface area contributed by atoms with Crippen LogP contribution >= 0.6 is 11.6 Å². The highest BCUT2D eigenvalue weighted by atomic mass is 35.5. The second kappa shape index (κ2) is 6.03. The van der Waals surface area contributed by atoms with Crippen molar-refractivity contribution in [3.05, 3.63) is 10.8 Å². The molecule has 1 fully saturated rings. The lowest BCUT2D eigenvalue weighted by molar-refractivity contribution is -0.918. The average Bonchev–Trinajstić information content (AvgIpc) is 2.41. The number of carbonyl (C=O) groups is 1. The van der Waals surface area contributed by atoms with E-state index in [1.165, 1.54) is 12.8 Å². The second-order valence-electron chi connectivity index (χ2n) is 6.00. The SMILES string of the molecule is C[N+]1(C)CCCC[C@@H]1CNC(=O)c1nc(Cl)c(N)nc1N. The number of rotatable bonds is 3. The monoisotopic (exact) mass is 313 g/mol. The average molecular weight is 314 g/mol. The van der Waals surface area contributed by atoms with Crippen LogP contribution in [0.5, 0.6) is 0 Å². The number of likely N-dealkylation sites (tertiary alicyclic amines) is 1. The van der Waals surface area contributed by atoms with Crippen molar-refractivity contribution < 1.29 is 9.28 Å². The van der Waals surface area contributed by atoms with Gasteiger partial charge in [-0.2, -0.15) is 0 Å². The number of halogens is 1. The number of quaternary nitrogens is 1. The lowest BCUT2D eigenvalue weighted by atomic mass is 10.0. The number of likely N-dealkylation sites (N-methyl/N-ethyl adjacent to an activating group) is 1. The van der Waals surface area contributed by atoms with Crippen LogP contribution in [0.1, 0.15) is 29.8 Å². The third-order valence-corrected chi connectivity index (χ3v) is 4.41. The number of piperidine rings is 1. The Morgan fingerprint density at radius 2 is 2.05 bits per heavy atom. The fourth-order valence-electron chi connectivity index (χ4n) is 2.68. The van der Waals surface area contributed by atoms with Gasteiger partial charge in [-0.25, -0.2) is 9.97 Å². The van der Waals surface area contributed by atoms with Crippen molar-refractivity contribution in [2.75, 3.05) is 38.7 Å². The zero-order valence-electron chi connectivity index (χ0n) is 12.4. The Bertz CT molecular complexity index is 548. The molecular weight excluding hydrogens is 292 g/mol. The molecule has 0 bridgehead atoms. The van der Waals surface area contributed by atoms with Gasteiger partial charge in [0.25, 0.3) is 5.91 Å². The standard InChI is InChI=1S/C13H21ClN6O/c1-20(2)6-4-3-5-8(20)7-17-13(21)9-11(15)19-12(16)10(14)18-9/h8H,3-7H2,1-2H3,(H4-,15,16,17,19,21)/p+1/t8-/m1/s1. The van der Waals surface area contributed by atoms with Gasteiger partial charge in [0.1, 0.15) is 6.04 Å². The van der Waals surface area contributed by atoms with E-state index >= 15 is 0 Å². The predicted octanol–water partition coefficient (Wildman–Crippen LogP) is 0.653. The maximum Gasteiger partial charge on any atom is 0.274 e. The Labute approximate surface area is 129 Å². The quantitative estimate of drug-likeness (QED) is 0.710. The Kier molecular flexibility index (Phi) is 4.53. The molecule has 0 saturated carbocycles. The van der Waals surface area contributed by atoms with Crippen LogP contribution in [-0.2, 0) is 0 Å². The second-order valence-corrected chi connectivity index (χ2v) is 6.35. The molecule has 1 aromatic heterocycles. The molecule has 1 saturated heterocycles. The number of nitrogens with two attached hydrogens (primary N) is 2. The van der Waals surface area contributed by atoms with E-state index in [9.17, 15) is 4.79 Å². The molecule has 7 nitrogen and oxygen atoms in total. The first kappa shape index (κ1) is 15.8. The predicted molar refractivity (Wildman–Crippen MR) is 82.8 cm³/mol. The summed E-state index contributed by atoms with van der Waals surface area (Å²) in [7, 11) is 4.37. The lowest BCUT2D eigenvalue weighted by Crippen LogP contribution is -2.56. The van der Waals surface area contributed by atoms with Gasteiger partial charge in [-0.3, -0.25) is 4.79 Å². The fraction of sp³-hybridized carbons (Fsp3) is 0.615. The molecule has 1 aliphatic heterocycles. The summed E-state index contributed by atoms with van der Waals surface area (Å²) in [5.41, 5.74) is 11.2. The van der Waals surface area contributed by atoms with Crippen molar-refractivity contribution in [1.82, 2.24) is 15.3 Å². The van der Waals surface area contributed by atoms with Gasteiger partial charge in [0, 0.05) is 6.42 Å². The molecule has 1 amide bonds. The molecule has 2 heterocycles. The minimum Gasteiger partial charge on any atom is -0.382 e. The maximum absolute atomic E-state index is 12.2. The van der Waals surface area contributed by atoms with Gasteiger partial charge in [0.15, 0.2) is 22.5 Å². The van der Waals surface area contributed by atoms with Gasteiger partial charge in [-0.05, 0) is 12.8 Å². The van der Waals surface area contributed by atoms with E-state index in [0.717, 1.165) is 17.4 Å². The summed E-state index contributed by atoms with van der Waals surface area (Å²) in [6.45, 7) is 1.70. The van der Waals surface area contributed by atoms with E-state index in [1.807, 2.05) is 0 Å². The molecule has 8 heteroatoms. The minimum atomic E-state index is -0.368. The summed E-state index contributed by atoms with van der Waals surface area (Å²) in [6, 6.07) is 0.390. The first-order valence-corrected chi connectivity index (χ1v) is 7.38. The van der Waals surface area contributed by atoms with Crippen molar-refractivity contribution in [3.8, 4) is 0 Å². The molecule has 0 aliphatic carbocycles. The summed E-state index contributed by atoms with van der Waals surface area (Å²) >= 11 is 5.79. The summed E-state index contributed by atoms with van der Waals surface area (Å²) in [5.74, 6) is -0.352. The number of hydrogen-bond donors (Lipinski definition) is 3. The number of aromatic nitrogens is 2. The van der Waals surface area contributed by atoms with Crippen LogP contribution in [0, 0.1) is 0 Å². The number of nitrogens with zero attached hydrogens (tertiary/aromatic N) is 3. The number of anilines is 2. The van der Waals surface area contributed by atoms with Crippen molar-refractivity contribution in [3.63, 3.8) is 0 Å². The highest BCUT2D eigenvalue weighted by Gasteiger charge is 2.31. The Morgan fingerprint density at radius 1 is 1.33 bits per heavy atom. The van der Waals surface area contributed by atoms with Gasteiger partial charge in [0.05, 0.1) is 27.2 Å². The van der Waals surface area contributed by atoms with Crippen LogP contribution in [0.25, 0.3) is 0 Å². The van der Waals surface area contributed by atoms with Crippen LogP contribution in [0.15, 0.2) is 0 Å². The molecule has 0 aromatic carbocycles. The molecule has 5 N–H and O–H groups in total. The summed E-state index contributed by atoms with van der Waals surface area (Å²) in [4.78, 5) is 19.9. The molecule has 2 rings (SSSR count). The summed E-state index contributed by atoms with van der Waals surface area (Å²) in [6.07, 6.45) is 3.51. The number of nitrogen functional groups attached to an aromatic ring is 2. The topological polar surface area (TPSA) is 107 Å². The molecule has 116 valence electrons. The maximum atomic E-state index is 12.2. The van der Waals surface area contributed by atoms with Crippen LogP contribution in [0.3, 0.4) is 0 Å². The Morgan fingerprint density at radius 3 is 2.71 bits per heavy atom. The van der Waals surface area contributed by atoms with Crippen molar-refractivity contribution in [2.45, 2.75) is 25.3 Å². The zero-order valence-corrected chi connectivity index (χ0v) is 13.2. The van der Waals surface area contributed by atoms with E-state index in [1.54, 1.807) is 0 Å². The summed E-state index contributed by atoms with van der Waals surface area (Å²) in [5, 5.41) is 2.86. The highest BCUT2D eigenvalue weighted by Crippen LogP contribution is 2.21. The van der Waals surface area contributed by atoms with Gasteiger partial charge >= 0.3 is 0 Å². The fourth-order valence-corrected chi connectivity index (χ4v) is 2.81. The first-order valence-electron chi connectivity index (χ1n) is 7.00. The van der Waals surface area contributed by atoms with E-state index in [-0.39, 0.29) is 28.4 Å². The molecule has 0 spiro atoms. The van der Waals surface area contributed by atoms with Gasteiger partial charge in [-0.15, -0.1) is 0 Å². The molecule has 1 aromatic rings. The largest absolute Gasteiger partial charge is 0.382 e. The van der Waals surface area contributed by atoms with Crippen LogP contribution < -0.4 is 16.8 Å². The smallest absolute Gasteiger partial charge is 0.274 e. The van der Waals surface area contributed by atoms with Crippen molar-refractivity contribution in [2.24, 2.45) is 0 Å². The third kappa shape index (κ3) is 3.54. The van der Waals surface area contributed by atoms with Gasteiger partial charge in [0.2, 0.25) is 0 Å². The van der Waals surface area contributed by atoms with Crippen molar-refractivity contribution >= 4 is 29.1 Å². The molecule has 0 radical (unpaired) electrons. The minimum absolute atomic E-state index is 0.00760. The molecular formula is C13H22ClN6O+. The van der Waals surface area contributed by atoms with E-state index < -0.39 is 0 Å². The van der Waals surface area contributed by atoms with Gasteiger partial charge < -0.3 is 21.3 Å². The lowest BCUT2D eigenvalue weighted by Gasteiger charge is -2.41. The van der Waals surface area contributed by atoms with E-state index in [4.69, 9.17) is 23.1 Å². The molecule has 1 atom stereocenters. The molecule has 1 aliphatic rings. The number of nitrogens with one attached hydrogen (secondary N) is 1. The third-order valence-electron chi connectivity index (χ3n) is 4.13. The number of hydrogen-bond acceptors (Lipinski definition) is 5. The molecule has 0 unspecified atom stereocenters. The number of amides is 1. The Balaban J connectivity index is 2.03. The highest BCUT2D eigenvalue weighted by molar-refractivity contribution is 6.31. The Hall–Kier alpha value is -1.60. The van der Waals surface area contributed by atoms with Crippen LogP contribution in [0.2, 0.25) is 5.15 Å². The van der Waals surface area contributed by atoms with E-state index in [2.05, 4.69) is 29.4 Å². The zero-order chi connectivity index (χ0) is 15.6. The van der Waals surface area contributed by atoms with Gasteiger partial charge in [-0.1, -0.05) is 11.6 Å². The number of carbonyl (C=O) groups excluding carboxylic acids is 1. The first-order chi connectivity index (χ1) is 9.81. The van der Waals surface area contributed by atoms with Crippen LogP contribution in [-0.4, -0.2) is 53.6 Å².